The van der Waals surface area contributed by atoms with Crippen LogP contribution < -0.4 is 5.32 Å². The molecule has 0 radical (unpaired) electrons. The second-order valence-corrected chi connectivity index (χ2v) is 4.71. The van der Waals surface area contributed by atoms with Gasteiger partial charge in [0.1, 0.15) is 0 Å². The summed E-state index contributed by atoms with van der Waals surface area (Å²) in [5.74, 6) is -0.0858. The molecule has 0 unspecified atom stereocenters. The van der Waals surface area contributed by atoms with Gasteiger partial charge in [-0.25, -0.2) is 0 Å². The highest BCUT2D eigenvalue weighted by Gasteiger charge is 2.20. The van der Waals surface area contributed by atoms with E-state index in [0.717, 1.165) is 39.1 Å². The monoisotopic (exact) mass is 271 g/mol. The first-order chi connectivity index (χ1) is 9.15. The Morgan fingerprint density at radius 3 is 2.16 bits per heavy atom. The molecule has 110 valence electrons. The van der Waals surface area contributed by atoms with E-state index in [2.05, 4.69) is 15.1 Å². The summed E-state index contributed by atoms with van der Waals surface area (Å²) in [6.45, 7) is 9.06. The highest BCUT2D eigenvalue weighted by atomic mass is 16.5. The number of ether oxygens (including phenoxy) is 1. The first-order valence-corrected chi connectivity index (χ1v) is 7.02. The van der Waals surface area contributed by atoms with E-state index in [-0.39, 0.29) is 11.9 Å². The molecule has 0 aromatic heterocycles. The van der Waals surface area contributed by atoms with Crippen LogP contribution in [0.4, 0.5) is 0 Å². The standard InChI is InChI=1S/C13H25N3O3/c1-3-5-14-12(17)10-15-6-8-16(9-7-15)11-13(18)19-4-2/h3-11H2,1-2H3,(H,14,17). The summed E-state index contributed by atoms with van der Waals surface area (Å²) >= 11 is 0. The first kappa shape index (κ1) is 15.9. The van der Waals surface area contributed by atoms with E-state index >= 15 is 0 Å². The van der Waals surface area contributed by atoms with Crippen molar-refractivity contribution >= 4 is 11.9 Å². The van der Waals surface area contributed by atoms with Gasteiger partial charge in [0.05, 0.1) is 19.7 Å². The topological polar surface area (TPSA) is 61.9 Å². The molecule has 0 aliphatic carbocycles. The zero-order valence-electron chi connectivity index (χ0n) is 12.0. The predicted octanol–water partition coefficient (Wildman–Crippen LogP) is -0.307. The van der Waals surface area contributed by atoms with Crippen LogP contribution in [0.2, 0.25) is 0 Å². The lowest BCUT2D eigenvalue weighted by molar-refractivity contribution is -0.145. The smallest absolute Gasteiger partial charge is 0.320 e. The predicted molar refractivity (Wildman–Crippen MR) is 72.8 cm³/mol. The Balaban J connectivity index is 2.18. The largest absolute Gasteiger partial charge is 0.465 e. The van der Waals surface area contributed by atoms with Crippen LogP contribution >= 0.6 is 0 Å². The number of nitrogens with zero attached hydrogens (tertiary/aromatic N) is 2. The number of amides is 1. The molecule has 0 atom stereocenters. The summed E-state index contributed by atoms with van der Waals surface area (Å²) in [5, 5.41) is 2.87. The van der Waals surface area contributed by atoms with Gasteiger partial charge in [0.15, 0.2) is 0 Å². The lowest BCUT2D eigenvalue weighted by Gasteiger charge is -2.33. The molecule has 0 saturated carbocycles. The van der Waals surface area contributed by atoms with Gasteiger partial charge in [-0.3, -0.25) is 19.4 Å². The average Bonchev–Trinajstić information content (AvgIpc) is 2.39. The van der Waals surface area contributed by atoms with Gasteiger partial charge in [0.2, 0.25) is 5.91 Å². The summed E-state index contributed by atoms with van der Waals surface area (Å²) in [4.78, 5) is 27.1. The van der Waals surface area contributed by atoms with Gasteiger partial charge in [-0.1, -0.05) is 6.92 Å². The summed E-state index contributed by atoms with van der Waals surface area (Å²) in [7, 11) is 0. The number of piperazine rings is 1. The second kappa shape index (κ2) is 8.87. The Hall–Kier alpha value is -1.14. The maximum Gasteiger partial charge on any atom is 0.320 e. The van der Waals surface area contributed by atoms with Gasteiger partial charge in [0.25, 0.3) is 0 Å². The van der Waals surface area contributed by atoms with Crippen molar-refractivity contribution < 1.29 is 14.3 Å². The molecule has 1 N–H and O–H groups in total. The molecule has 0 aromatic rings. The fraction of sp³-hybridized carbons (Fsp3) is 0.846. The van der Waals surface area contributed by atoms with E-state index in [4.69, 9.17) is 4.74 Å². The minimum Gasteiger partial charge on any atom is -0.465 e. The Morgan fingerprint density at radius 1 is 1.05 bits per heavy atom. The zero-order valence-corrected chi connectivity index (χ0v) is 12.0. The molecule has 1 fully saturated rings. The van der Waals surface area contributed by atoms with E-state index in [9.17, 15) is 9.59 Å². The number of rotatable bonds is 7. The van der Waals surface area contributed by atoms with Crippen molar-refractivity contribution in [3.05, 3.63) is 0 Å². The third-order valence-electron chi connectivity index (χ3n) is 3.06. The third kappa shape index (κ3) is 6.54. The number of esters is 1. The molecule has 1 saturated heterocycles. The molecule has 0 bridgehead atoms. The summed E-state index contributed by atoms with van der Waals surface area (Å²) in [6.07, 6.45) is 0.957. The molecular weight excluding hydrogens is 246 g/mol. The van der Waals surface area contributed by atoms with Crippen molar-refractivity contribution in [3.8, 4) is 0 Å². The van der Waals surface area contributed by atoms with Crippen LogP contribution in [0, 0.1) is 0 Å². The number of hydrogen-bond acceptors (Lipinski definition) is 5. The molecule has 6 nitrogen and oxygen atoms in total. The maximum absolute atomic E-state index is 11.6. The van der Waals surface area contributed by atoms with Crippen molar-refractivity contribution in [2.75, 3.05) is 52.4 Å². The summed E-state index contributed by atoms with van der Waals surface area (Å²) in [6, 6.07) is 0. The van der Waals surface area contributed by atoms with E-state index in [0.29, 0.717) is 19.7 Å². The highest BCUT2D eigenvalue weighted by molar-refractivity contribution is 5.78. The molecule has 1 rings (SSSR count). The Morgan fingerprint density at radius 2 is 1.63 bits per heavy atom. The Labute approximate surface area is 115 Å². The molecular formula is C13H25N3O3. The van der Waals surface area contributed by atoms with E-state index in [1.807, 2.05) is 13.8 Å². The zero-order chi connectivity index (χ0) is 14.1. The van der Waals surface area contributed by atoms with Crippen LogP contribution in [0.25, 0.3) is 0 Å². The summed E-state index contributed by atoms with van der Waals surface area (Å²) in [5.41, 5.74) is 0. The van der Waals surface area contributed by atoms with Crippen molar-refractivity contribution in [2.24, 2.45) is 0 Å². The molecule has 19 heavy (non-hydrogen) atoms. The van der Waals surface area contributed by atoms with Gasteiger partial charge < -0.3 is 10.1 Å². The molecule has 0 aromatic carbocycles. The fourth-order valence-electron chi connectivity index (χ4n) is 2.02. The molecule has 1 heterocycles. The van der Waals surface area contributed by atoms with Crippen LogP contribution in [0.1, 0.15) is 20.3 Å². The molecule has 6 heteroatoms. The van der Waals surface area contributed by atoms with E-state index in [1.165, 1.54) is 0 Å². The van der Waals surface area contributed by atoms with Gasteiger partial charge in [0, 0.05) is 32.7 Å². The van der Waals surface area contributed by atoms with Crippen LogP contribution in [-0.2, 0) is 14.3 Å². The van der Waals surface area contributed by atoms with Crippen molar-refractivity contribution in [1.29, 1.82) is 0 Å². The molecule has 1 aliphatic rings. The quantitative estimate of drug-likeness (QED) is 0.644. The highest BCUT2D eigenvalue weighted by Crippen LogP contribution is 2.01. The van der Waals surface area contributed by atoms with Crippen LogP contribution in [0.3, 0.4) is 0 Å². The van der Waals surface area contributed by atoms with Gasteiger partial charge in [-0.15, -0.1) is 0 Å². The van der Waals surface area contributed by atoms with Gasteiger partial charge in [-0.2, -0.15) is 0 Å². The number of nitrogens with one attached hydrogen (secondary N) is 1. The minimum absolute atomic E-state index is 0.0840. The van der Waals surface area contributed by atoms with Crippen LogP contribution in [0.5, 0.6) is 0 Å². The molecule has 1 amide bonds. The van der Waals surface area contributed by atoms with Crippen molar-refractivity contribution in [2.45, 2.75) is 20.3 Å². The lowest BCUT2D eigenvalue weighted by atomic mass is 10.3. The lowest BCUT2D eigenvalue weighted by Crippen LogP contribution is -2.50. The fourth-order valence-corrected chi connectivity index (χ4v) is 2.02. The Kier molecular flexibility index (Phi) is 7.43. The minimum atomic E-state index is -0.170. The number of hydrogen-bond donors (Lipinski definition) is 1. The average molecular weight is 271 g/mol. The molecule has 1 aliphatic heterocycles. The van der Waals surface area contributed by atoms with Crippen LogP contribution in [-0.4, -0.2) is 74.1 Å². The van der Waals surface area contributed by atoms with E-state index < -0.39 is 0 Å². The number of carbonyl (C=O) groups is 2. The summed E-state index contributed by atoms with van der Waals surface area (Å²) < 4.78 is 4.92. The van der Waals surface area contributed by atoms with Crippen molar-refractivity contribution in [3.63, 3.8) is 0 Å². The first-order valence-electron chi connectivity index (χ1n) is 7.02. The SMILES string of the molecule is CCCNC(=O)CN1CCN(CC(=O)OCC)CC1. The van der Waals surface area contributed by atoms with Crippen molar-refractivity contribution in [1.82, 2.24) is 15.1 Å². The van der Waals surface area contributed by atoms with E-state index in [1.54, 1.807) is 0 Å². The normalized spacial score (nSPS) is 17.2. The second-order valence-electron chi connectivity index (χ2n) is 4.71. The molecule has 0 spiro atoms. The van der Waals surface area contributed by atoms with Gasteiger partial charge in [-0.05, 0) is 13.3 Å². The van der Waals surface area contributed by atoms with Crippen LogP contribution in [0.15, 0.2) is 0 Å². The number of carbonyl (C=O) groups excluding carboxylic acids is 2. The maximum atomic E-state index is 11.6. The van der Waals surface area contributed by atoms with Gasteiger partial charge >= 0.3 is 5.97 Å². The Bertz CT molecular complexity index is 289. The third-order valence-corrected chi connectivity index (χ3v) is 3.06.